The van der Waals surface area contributed by atoms with Crippen LogP contribution in [0.3, 0.4) is 0 Å². The third kappa shape index (κ3) is 3.45. The zero-order valence-corrected chi connectivity index (χ0v) is 9.34. The van der Waals surface area contributed by atoms with Crippen LogP contribution in [0.15, 0.2) is 60.9 Å². The first-order valence-electron chi connectivity index (χ1n) is 5.42. The highest BCUT2D eigenvalue weighted by Crippen LogP contribution is 2.15. The minimum Gasteiger partial charge on any atom is -0.489 e. The average Bonchev–Trinajstić information content (AvgIpc) is 2.40. The molecule has 2 aromatic rings. The lowest BCUT2D eigenvalue weighted by Crippen LogP contribution is -1.94. The van der Waals surface area contributed by atoms with E-state index in [0.717, 1.165) is 16.9 Å². The second-order valence-corrected chi connectivity index (χ2v) is 3.64. The molecule has 2 aromatic carbocycles. The SMILES string of the molecule is F/C=C/c1ccc(OCc2ccccc2)cc1. The highest BCUT2D eigenvalue weighted by atomic mass is 19.1. The predicted octanol–water partition coefficient (Wildman–Crippen LogP) is 4.21. The Bertz CT molecular complexity index is 474. The van der Waals surface area contributed by atoms with Crippen molar-refractivity contribution in [2.45, 2.75) is 6.61 Å². The number of halogens is 1. The smallest absolute Gasteiger partial charge is 0.119 e. The quantitative estimate of drug-likeness (QED) is 0.761. The summed E-state index contributed by atoms with van der Waals surface area (Å²) in [6.45, 7) is 0.541. The Hall–Kier alpha value is -2.09. The van der Waals surface area contributed by atoms with Crippen LogP contribution in [0.1, 0.15) is 11.1 Å². The fraction of sp³-hybridized carbons (Fsp3) is 0.0667. The maximum absolute atomic E-state index is 11.9. The van der Waals surface area contributed by atoms with Gasteiger partial charge in [-0.3, -0.25) is 0 Å². The second kappa shape index (κ2) is 5.85. The molecular weight excluding hydrogens is 215 g/mol. The van der Waals surface area contributed by atoms with Crippen LogP contribution in [0, 0.1) is 0 Å². The van der Waals surface area contributed by atoms with E-state index in [1.807, 2.05) is 54.6 Å². The summed E-state index contributed by atoms with van der Waals surface area (Å²) in [6.07, 6.45) is 1.93. The number of rotatable bonds is 4. The fourth-order valence-electron chi connectivity index (χ4n) is 1.49. The van der Waals surface area contributed by atoms with Gasteiger partial charge in [0.15, 0.2) is 0 Å². The Morgan fingerprint density at radius 3 is 2.29 bits per heavy atom. The Morgan fingerprint density at radius 2 is 1.65 bits per heavy atom. The van der Waals surface area contributed by atoms with Gasteiger partial charge in [0.2, 0.25) is 0 Å². The first-order chi connectivity index (χ1) is 8.38. The van der Waals surface area contributed by atoms with Crippen molar-refractivity contribution in [2.75, 3.05) is 0 Å². The number of hydrogen-bond donors (Lipinski definition) is 0. The molecule has 0 N–H and O–H groups in total. The van der Waals surface area contributed by atoms with Gasteiger partial charge in [-0.05, 0) is 29.3 Å². The summed E-state index contributed by atoms with van der Waals surface area (Å²) < 4.78 is 17.5. The van der Waals surface area contributed by atoms with Crippen LogP contribution in [-0.4, -0.2) is 0 Å². The Labute approximate surface area is 100 Å². The summed E-state index contributed by atoms with van der Waals surface area (Å²) >= 11 is 0. The minimum atomic E-state index is 0.528. The molecule has 0 bridgehead atoms. The lowest BCUT2D eigenvalue weighted by atomic mass is 10.2. The summed E-state index contributed by atoms with van der Waals surface area (Å²) in [7, 11) is 0. The van der Waals surface area contributed by atoms with Crippen molar-refractivity contribution in [1.82, 2.24) is 0 Å². The molecule has 86 valence electrons. The Kier molecular flexibility index (Phi) is 3.92. The zero-order valence-electron chi connectivity index (χ0n) is 9.34. The molecule has 0 saturated heterocycles. The normalized spacial score (nSPS) is 10.6. The van der Waals surface area contributed by atoms with Crippen LogP contribution in [0.2, 0.25) is 0 Å². The summed E-state index contributed by atoms with van der Waals surface area (Å²) in [5.41, 5.74) is 1.94. The molecule has 0 aliphatic carbocycles. The lowest BCUT2D eigenvalue weighted by molar-refractivity contribution is 0.306. The molecule has 17 heavy (non-hydrogen) atoms. The van der Waals surface area contributed by atoms with E-state index in [4.69, 9.17) is 4.74 Å². The van der Waals surface area contributed by atoms with Crippen LogP contribution in [0.25, 0.3) is 6.08 Å². The standard InChI is InChI=1S/C15H13FO/c16-11-10-13-6-8-15(9-7-13)17-12-14-4-2-1-3-5-14/h1-11H,12H2/b11-10+. The number of benzene rings is 2. The van der Waals surface area contributed by atoms with E-state index in [1.54, 1.807) is 0 Å². The van der Waals surface area contributed by atoms with Crippen molar-refractivity contribution in [3.63, 3.8) is 0 Å². The number of hydrogen-bond acceptors (Lipinski definition) is 1. The summed E-state index contributed by atoms with van der Waals surface area (Å²) in [4.78, 5) is 0. The number of ether oxygens (including phenoxy) is 1. The van der Waals surface area contributed by atoms with Gasteiger partial charge in [0.1, 0.15) is 12.4 Å². The molecule has 0 aliphatic heterocycles. The average molecular weight is 228 g/mol. The zero-order chi connectivity index (χ0) is 11.9. The molecule has 0 aliphatic rings. The van der Waals surface area contributed by atoms with Gasteiger partial charge in [0, 0.05) is 0 Å². The van der Waals surface area contributed by atoms with Crippen LogP contribution < -0.4 is 4.74 Å². The van der Waals surface area contributed by atoms with Gasteiger partial charge in [0.25, 0.3) is 0 Å². The topological polar surface area (TPSA) is 9.23 Å². The third-order valence-electron chi connectivity index (χ3n) is 2.38. The van der Waals surface area contributed by atoms with Crippen molar-refractivity contribution >= 4 is 6.08 Å². The molecule has 0 heterocycles. The molecular formula is C15H13FO. The monoisotopic (exact) mass is 228 g/mol. The fourth-order valence-corrected chi connectivity index (χ4v) is 1.49. The van der Waals surface area contributed by atoms with E-state index in [1.165, 1.54) is 6.08 Å². The van der Waals surface area contributed by atoms with Gasteiger partial charge in [-0.15, -0.1) is 0 Å². The predicted molar refractivity (Wildman–Crippen MR) is 67.4 cm³/mol. The van der Waals surface area contributed by atoms with Gasteiger partial charge in [-0.25, -0.2) is 4.39 Å². The van der Waals surface area contributed by atoms with E-state index < -0.39 is 0 Å². The molecule has 1 nitrogen and oxygen atoms in total. The Balaban J connectivity index is 1.95. The van der Waals surface area contributed by atoms with E-state index in [9.17, 15) is 4.39 Å². The van der Waals surface area contributed by atoms with Crippen molar-refractivity contribution in [1.29, 1.82) is 0 Å². The molecule has 0 spiro atoms. The molecule has 0 unspecified atom stereocenters. The van der Waals surface area contributed by atoms with Crippen molar-refractivity contribution in [3.05, 3.63) is 72.1 Å². The first kappa shape index (κ1) is 11.4. The van der Waals surface area contributed by atoms with Crippen molar-refractivity contribution in [3.8, 4) is 5.75 Å². The maximum Gasteiger partial charge on any atom is 0.119 e. The molecule has 0 saturated carbocycles. The van der Waals surface area contributed by atoms with E-state index in [2.05, 4.69) is 0 Å². The van der Waals surface area contributed by atoms with Gasteiger partial charge >= 0.3 is 0 Å². The van der Waals surface area contributed by atoms with Crippen molar-refractivity contribution in [2.24, 2.45) is 0 Å². The summed E-state index contributed by atoms with van der Waals surface area (Å²) in [5, 5.41) is 0. The highest BCUT2D eigenvalue weighted by molar-refractivity contribution is 5.49. The summed E-state index contributed by atoms with van der Waals surface area (Å²) in [6, 6.07) is 17.3. The van der Waals surface area contributed by atoms with E-state index in [0.29, 0.717) is 12.9 Å². The van der Waals surface area contributed by atoms with E-state index >= 15 is 0 Å². The van der Waals surface area contributed by atoms with Crippen LogP contribution in [-0.2, 0) is 6.61 Å². The molecule has 0 amide bonds. The molecule has 0 radical (unpaired) electrons. The molecule has 2 heteroatoms. The minimum absolute atomic E-state index is 0.528. The largest absolute Gasteiger partial charge is 0.489 e. The Morgan fingerprint density at radius 1 is 0.941 bits per heavy atom. The van der Waals surface area contributed by atoms with Crippen LogP contribution >= 0.6 is 0 Å². The third-order valence-corrected chi connectivity index (χ3v) is 2.38. The second-order valence-electron chi connectivity index (χ2n) is 3.64. The van der Waals surface area contributed by atoms with Gasteiger partial charge in [-0.1, -0.05) is 42.5 Å². The highest BCUT2D eigenvalue weighted by Gasteiger charge is 1.95. The molecule has 0 atom stereocenters. The van der Waals surface area contributed by atoms with Crippen LogP contribution in [0.4, 0.5) is 4.39 Å². The van der Waals surface area contributed by atoms with Gasteiger partial charge in [0.05, 0.1) is 6.33 Å². The molecule has 2 rings (SSSR count). The van der Waals surface area contributed by atoms with Gasteiger partial charge in [-0.2, -0.15) is 0 Å². The lowest BCUT2D eigenvalue weighted by Gasteiger charge is -2.06. The first-order valence-corrected chi connectivity index (χ1v) is 5.42. The van der Waals surface area contributed by atoms with Crippen LogP contribution in [0.5, 0.6) is 5.75 Å². The maximum atomic E-state index is 11.9. The van der Waals surface area contributed by atoms with Crippen molar-refractivity contribution < 1.29 is 9.13 Å². The summed E-state index contributed by atoms with van der Waals surface area (Å²) in [5.74, 6) is 0.782. The van der Waals surface area contributed by atoms with E-state index in [-0.39, 0.29) is 0 Å². The van der Waals surface area contributed by atoms with Gasteiger partial charge < -0.3 is 4.74 Å². The molecule has 0 fully saturated rings. The molecule has 0 aromatic heterocycles.